The summed E-state index contributed by atoms with van der Waals surface area (Å²) in [6, 6.07) is 0. The van der Waals surface area contributed by atoms with Crippen molar-refractivity contribution in [2.24, 2.45) is 5.41 Å². The molecule has 1 N–H and O–H groups in total. The van der Waals surface area contributed by atoms with Crippen molar-refractivity contribution in [3.05, 3.63) is 0 Å². The van der Waals surface area contributed by atoms with Gasteiger partial charge < -0.3 is 0 Å². The zero-order valence-corrected chi connectivity index (χ0v) is 6.89. The first-order chi connectivity index (χ1) is 3.85. The van der Waals surface area contributed by atoms with Gasteiger partial charge in [-0.15, -0.1) is 0 Å². The second kappa shape index (κ2) is 2.38. The van der Waals surface area contributed by atoms with Crippen molar-refractivity contribution in [3.8, 4) is 0 Å². The summed E-state index contributed by atoms with van der Waals surface area (Å²) in [5.41, 5.74) is 1.05. The van der Waals surface area contributed by atoms with Crippen LogP contribution in [0.2, 0.25) is 0 Å². The Morgan fingerprint density at radius 1 is 1.33 bits per heavy atom. The molecule has 2 nitrogen and oxygen atoms in total. The van der Waals surface area contributed by atoms with Crippen LogP contribution in [-0.4, -0.2) is 22.7 Å². The van der Waals surface area contributed by atoms with Gasteiger partial charge in [-0.25, -0.2) is 0 Å². The van der Waals surface area contributed by atoms with Crippen LogP contribution >= 0.6 is 0 Å². The van der Waals surface area contributed by atoms with Crippen LogP contribution in [0.25, 0.3) is 0 Å². The maximum absolute atomic E-state index is 8.95. The molecule has 0 saturated heterocycles. The maximum Gasteiger partial charge on any atom is 0.206 e. The fraction of sp³-hybridized carbons (Fsp3) is 0.857. The van der Waals surface area contributed by atoms with Crippen molar-refractivity contribution in [1.29, 1.82) is 0 Å². The van der Waals surface area contributed by atoms with E-state index < -0.39 is 0 Å². The second-order valence-electron chi connectivity index (χ2n) is 3.36. The topological polar surface area (TPSA) is 23.2 Å². The lowest BCUT2D eigenvalue weighted by atomic mass is 9.91. The molecule has 0 unspecified atom stereocenters. The quantitative estimate of drug-likeness (QED) is 0.228. The fourth-order valence-corrected chi connectivity index (χ4v) is 0.485. The van der Waals surface area contributed by atoms with Gasteiger partial charge in [0, 0.05) is 12.3 Å². The minimum atomic E-state index is 0.0729. The van der Waals surface area contributed by atoms with Crippen molar-refractivity contribution in [2.75, 3.05) is 7.05 Å². The molecule has 0 aromatic carbocycles. The van der Waals surface area contributed by atoms with E-state index in [1.165, 1.54) is 4.74 Å². The largest absolute Gasteiger partial charge is 0.291 e. The molecule has 0 amide bonds. The molecule has 0 rings (SSSR count). The molecular weight excluding hydrogens is 114 g/mol. The van der Waals surface area contributed by atoms with E-state index in [-0.39, 0.29) is 5.41 Å². The van der Waals surface area contributed by atoms with Crippen molar-refractivity contribution in [3.63, 3.8) is 0 Å². The van der Waals surface area contributed by atoms with Gasteiger partial charge in [0.15, 0.2) is 7.05 Å². The number of rotatable bonds is 0. The van der Waals surface area contributed by atoms with Gasteiger partial charge in [0.05, 0.1) is 0 Å². The summed E-state index contributed by atoms with van der Waals surface area (Å²) in [7, 11) is 1.64. The average Bonchev–Trinajstić information content (AvgIpc) is 1.62. The molecule has 0 atom stereocenters. The molecule has 0 aliphatic rings. The third-order valence-electron chi connectivity index (χ3n) is 1.57. The summed E-state index contributed by atoms with van der Waals surface area (Å²) in [6.07, 6.45) is 0. The van der Waals surface area contributed by atoms with E-state index in [1.54, 1.807) is 7.05 Å². The predicted octanol–water partition coefficient (Wildman–Crippen LogP) is 1.52. The highest BCUT2D eigenvalue weighted by Crippen LogP contribution is 2.14. The van der Waals surface area contributed by atoms with E-state index in [0.717, 1.165) is 5.71 Å². The first-order valence-corrected chi connectivity index (χ1v) is 3.12. The van der Waals surface area contributed by atoms with E-state index >= 15 is 0 Å². The van der Waals surface area contributed by atoms with Gasteiger partial charge in [-0.05, 0) is 4.74 Å². The summed E-state index contributed by atoms with van der Waals surface area (Å²) in [5, 5.41) is 8.95. The Morgan fingerprint density at radius 3 is 1.67 bits per heavy atom. The number of hydroxylamine groups is 1. The number of nitrogens with zero attached hydrogens (tertiary/aromatic N) is 1. The van der Waals surface area contributed by atoms with Crippen LogP contribution in [0.3, 0.4) is 0 Å². The first kappa shape index (κ1) is 8.47. The number of hydrogen-bond acceptors (Lipinski definition) is 1. The van der Waals surface area contributed by atoms with Gasteiger partial charge in [0.25, 0.3) is 0 Å². The Bertz CT molecular complexity index is 126. The van der Waals surface area contributed by atoms with Gasteiger partial charge in [-0.3, -0.25) is 5.21 Å². The molecule has 9 heavy (non-hydrogen) atoms. The van der Waals surface area contributed by atoms with E-state index in [9.17, 15) is 0 Å². The minimum absolute atomic E-state index is 0.0729. The zero-order valence-electron chi connectivity index (χ0n) is 6.89. The van der Waals surface area contributed by atoms with Crippen molar-refractivity contribution < 1.29 is 9.95 Å². The zero-order chi connectivity index (χ0) is 7.65. The summed E-state index contributed by atoms with van der Waals surface area (Å²) in [4.78, 5) is 0. The Labute approximate surface area is 56.8 Å². The van der Waals surface area contributed by atoms with Gasteiger partial charge in [0.2, 0.25) is 5.71 Å². The van der Waals surface area contributed by atoms with E-state index in [1.807, 2.05) is 6.92 Å². The van der Waals surface area contributed by atoms with Crippen molar-refractivity contribution >= 4 is 5.71 Å². The lowest BCUT2D eigenvalue weighted by Crippen LogP contribution is -2.25. The monoisotopic (exact) mass is 130 g/mol. The lowest BCUT2D eigenvalue weighted by molar-refractivity contribution is -0.756. The predicted molar refractivity (Wildman–Crippen MR) is 38.1 cm³/mol. The van der Waals surface area contributed by atoms with E-state index in [2.05, 4.69) is 20.8 Å². The third-order valence-corrected chi connectivity index (χ3v) is 1.57. The molecule has 0 fully saturated rings. The smallest absolute Gasteiger partial charge is 0.206 e. The van der Waals surface area contributed by atoms with Crippen LogP contribution in [0, 0.1) is 5.41 Å². The highest BCUT2D eigenvalue weighted by molar-refractivity contribution is 5.81. The van der Waals surface area contributed by atoms with Crippen LogP contribution in [0.5, 0.6) is 0 Å². The van der Waals surface area contributed by atoms with Gasteiger partial charge in [0.1, 0.15) is 0 Å². The normalized spacial score (nSPS) is 15.2. The molecule has 0 aliphatic carbocycles. The summed E-state index contributed by atoms with van der Waals surface area (Å²) in [6.45, 7) is 8.11. The van der Waals surface area contributed by atoms with Gasteiger partial charge in [-0.2, -0.15) is 0 Å². The van der Waals surface area contributed by atoms with Crippen LogP contribution in [0.4, 0.5) is 0 Å². The highest BCUT2D eigenvalue weighted by atomic mass is 16.5. The molecule has 0 heterocycles. The summed E-state index contributed by atoms with van der Waals surface area (Å²) in [5.74, 6) is 0. The molecule has 0 radical (unpaired) electrons. The third kappa shape index (κ3) is 2.49. The minimum Gasteiger partial charge on any atom is -0.291 e. The molecule has 0 bridgehead atoms. The molecule has 2 heteroatoms. The molecule has 54 valence electrons. The van der Waals surface area contributed by atoms with E-state index in [0.29, 0.717) is 0 Å². The highest BCUT2D eigenvalue weighted by Gasteiger charge is 2.22. The Balaban J connectivity index is 4.40. The first-order valence-electron chi connectivity index (χ1n) is 3.12. The summed E-state index contributed by atoms with van der Waals surface area (Å²) < 4.78 is 1.17. The SMILES string of the molecule is C/C(=[N+](\C)O)C(C)(C)C. The van der Waals surface area contributed by atoms with Gasteiger partial charge >= 0.3 is 0 Å². The fourth-order valence-electron chi connectivity index (χ4n) is 0.485. The Kier molecular flexibility index (Phi) is 2.24. The van der Waals surface area contributed by atoms with Crippen molar-refractivity contribution in [1.82, 2.24) is 0 Å². The maximum atomic E-state index is 8.95. The van der Waals surface area contributed by atoms with Crippen LogP contribution in [0.1, 0.15) is 27.7 Å². The molecular formula is C7H16NO+. The Morgan fingerprint density at radius 2 is 1.67 bits per heavy atom. The second-order valence-corrected chi connectivity index (χ2v) is 3.36. The standard InChI is InChI=1S/C7H16NO/c1-6(8(5)9)7(2,3)4/h9H,1-5H3/q+1/b8-6-. The van der Waals surface area contributed by atoms with Crippen LogP contribution in [-0.2, 0) is 0 Å². The molecule has 0 aliphatic heterocycles. The Hall–Kier alpha value is -0.530. The van der Waals surface area contributed by atoms with Crippen LogP contribution < -0.4 is 0 Å². The van der Waals surface area contributed by atoms with Crippen LogP contribution in [0.15, 0.2) is 0 Å². The van der Waals surface area contributed by atoms with Gasteiger partial charge in [-0.1, -0.05) is 20.8 Å². The van der Waals surface area contributed by atoms with Crippen molar-refractivity contribution in [2.45, 2.75) is 27.7 Å². The summed E-state index contributed by atoms with van der Waals surface area (Å²) >= 11 is 0. The van der Waals surface area contributed by atoms with E-state index in [4.69, 9.17) is 5.21 Å². The number of hydrogen-bond donors (Lipinski definition) is 1. The average molecular weight is 130 g/mol. The molecule has 0 spiro atoms. The lowest BCUT2D eigenvalue weighted by Gasteiger charge is -2.12. The molecule has 0 aromatic heterocycles. The molecule has 0 saturated carbocycles. The molecule has 0 aromatic rings.